The molecule has 0 atom stereocenters. The largest absolute Gasteiger partial charge is 0.480 e. The molecule has 0 aliphatic heterocycles. The summed E-state index contributed by atoms with van der Waals surface area (Å²) in [7, 11) is 0. The minimum absolute atomic E-state index is 0.269. The molecule has 0 unspecified atom stereocenters. The van der Waals surface area contributed by atoms with E-state index in [1.807, 2.05) is 0 Å². The number of alkyl halides is 3. The summed E-state index contributed by atoms with van der Waals surface area (Å²) < 4.78 is 36.3. The summed E-state index contributed by atoms with van der Waals surface area (Å²) in [6, 6.07) is 6.32. The van der Waals surface area contributed by atoms with Crippen LogP contribution in [-0.2, 0) is 9.59 Å². The second-order valence-electron chi connectivity index (χ2n) is 4.32. The van der Waals surface area contributed by atoms with Crippen molar-refractivity contribution in [2.24, 2.45) is 0 Å². The second kappa shape index (κ2) is 6.40. The van der Waals surface area contributed by atoms with E-state index >= 15 is 0 Å². The van der Waals surface area contributed by atoms with E-state index < -0.39 is 37.4 Å². The summed E-state index contributed by atoms with van der Waals surface area (Å²) in [5, 5.41) is 8.76. The molecular formula is C13H14F3NO3. The van der Waals surface area contributed by atoms with Gasteiger partial charge >= 0.3 is 12.1 Å². The maximum atomic E-state index is 12.1. The van der Waals surface area contributed by atoms with Crippen LogP contribution >= 0.6 is 0 Å². The number of rotatable bonds is 5. The van der Waals surface area contributed by atoms with Gasteiger partial charge in [-0.25, -0.2) is 0 Å². The van der Waals surface area contributed by atoms with Crippen LogP contribution in [0.3, 0.4) is 0 Å². The molecule has 0 aromatic heterocycles. The molecule has 0 spiro atoms. The van der Waals surface area contributed by atoms with Crippen LogP contribution in [0.1, 0.15) is 18.4 Å². The van der Waals surface area contributed by atoms with E-state index in [9.17, 15) is 22.8 Å². The van der Waals surface area contributed by atoms with E-state index in [1.165, 1.54) is 12.1 Å². The van der Waals surface area contributed by atoms with Crippen LogP contribution in [-0.4, -0.2) is 29.7 Å². The van der Waals surface area contributed by atoms with Crippen molar-refractivity contribution in [2.75, 3.05) is 11.4 Å². The highest BCUT2D eigenvalue weighted by Gasteiger charge is 2.30. The molecule has 0 saturated heterocycles. The monoisotopic (exact) mass is 289 g/mol. The number of amides is 1. The lowest BCUT2D eigenvalue weighted by Gasteiger charge is -2.21. The van der Waals surface area contributed by atoms with E-state index in [0.29, 0.717) is 0 Å². The Bertz CT molecular complexity index is 483. The van der Waals surface area contributed by atoms with Gasteiger partial charge in [-0.1, -0.05) is 17.7 Å². The zero-order valence-corrected chi connectivity index (χ0v) is 10.8. The zero-order chi connectivity index (χ0) is 15.3. The van der Waals surface area contributed by atoms with E-state index in [0.717, 1.165) is 10.5 Å². The summed E-state index contributed by atoms with van der Waals surface area (Å²) >= 11 is 0. The van der Waals surface area contributed by atoms with Crippen LogP contribution in [0.25, 0.3) is 0 Å². The Kier molecular flexibility index (Phi) is 5.12. The van der Waals surface area contributed by atoms with E-state index in [4.69, 9.17) is 5.11 Å². The Morgan fingerprint density at radius 3 is 2.20 bits per heavy atom. The number of aryl methyl sites for hydroxylation is 1. The lowest BCUT2D eigenvalue weighted by Crippen LogP contribution is -2.36. The van der Waals surface area contributed by atoms with Crippen LogP contribution in [0.2, 0.25) is 0 Å². The Morgan fingerprint density at radius 2 is 1.75 bits per heavy atom. The number of benzene rings is 1. The van der Waals surface area contributed by atoms with Crippen molar-refractivity contribution in [3.8, 4) is 0 Å². The minimum Gasteiger partial charge on any atom is -0.480 e. The Hall–Kier alpha value is -2.05. The average molecular weight is 289 g/mol. The van der Waals surface area contributed by atoms with E-state index in [-0.39, 0.29) is 5.69 Å². The molecule has 7 heteroatoms. The highest BCUT2D eigenvalue weighted by molar-refractivity contribution is 5.97. The van der Waals surface area contributed by atoms with Crippen molar-refractivity contribution in [2.45, 2.75) is 25.9 Å². The SMILES string of the molecule is Cc1ccc(N(CC(=O)O)C(=O)CCC(F)(F)F)cc1. The number of carbonyl (C=O) groups is 2. The van der Waals surface area contributed by atoms with Gasteiger partial charge in [-0.3, -0.25) is 9.59 Å². The predicted molar refractivity (Wildman–Crippen MR) is 66.5 cm³/mol. The van der Waals surface area contributed by atoms with Crippen LogP contribution in [0, 0.1) is 6.92 Å². The number of carbonyl (C=O) groups excluding carboxylic acids is 1. The van der Waals surface area contributed by atoms with Gasteiger partial charge in [0, 0.05) is 12.1 Å². The van der Waals surface area contributed by atoms with Crippen molar-refractivity contribution < 1.29 is 27.9 Å². The second-order valence-corrected chi connectivity index (χ2v) is 4.32. The molecule has 1 aromatic rings. The Balaban J connectivity index is 2.86. The zero-order valence-electron chi connectivity index (χ0n) is 10.8. The third-order valence-corrected chi connectivity index (χ3v) is 2.56. The van der Waals surface area contributed by atoms with Crippen molar-refractivity contribution in [1.82, 2.24) is 0 Å². The molecule has 0 aliphatic carbocycles. The molecular weight excluding hydrogens is 275 g/mol. The van der Waals surface area contributed by atoms with Gasteiger partial charge in [0.15, 0.2) is 0 Å². The quantitative estimate of drug-likeness (QED) is 0.906. The Morgan fingerprint density at radius 1 is 1.20 bits per heavy atom. The van der Waals surface area contributed by atoms with Crippen LogP contribution in [0.4, 0.5) is 18.9 Å². The topological polar surface area (TPSA) is 57.6 Å². The van der Waals surface area contributed by atoms with Crippen LogP contribution < -0.4 is 4.90 Å². The fourth-order valence-electron chi connectivity index (χ4n) is 1.57. The van der Waals surface area contributed by atoms with Crippen molar-refractivity contribution >= 4 is 17.6 Å². The maximum absolute atomic E-state index is 12.1. The average Bonchev–Trinajstić information content (AvgIpc) is 2.33. The van der Waals surface area contributed by atoms with Gasteiger partial charge in [-0.05, 0) is 19.1 Å². The summed E-state index contributed by atoms with van der Waals surface area (Å²) in [5.74, 6) is -2.15. The highest BCUT2D eigenvalue weighted by atomic mass is 19.4. The van der Waals surface area contributed by atoms with Gasteiger partial charge in [0.05, 0.1) is 6.42 Å². The molecule has 4 nitrogen and oxygen atoms in total. The van der Waals surface area contributed by atoms with Gasteiger partial charge < -0.3 is 10.0 Å². The van der Waals surface area contributed by atoms with Gasteiger partial charge in [0.2, 0.25) is 5.91 Å². The number of carboxylic acid groups (broad SMARTS) is 1. The van der Waals surface area contributed by atoms with Crippen LogP contribution in [0.15, 0.2) is 24.3 Å². The molecule has 0 fully saturated rings. The first kappa shape index (κ1) is 16.0. The predicted octanol–water partition coefficient (Wildman–Crippen LogP) is 2.76. The molecule has 0 bridgehead atoms. The molecule has 110 valence electrons. The third kappa shape index (κ3) is 5.29. The fraction of sp³-hybridized carbons (Fsp3) is 0.385. The van der Waals surface area contributed by atoms with Crippen molar-refractivity contribution in [1.29, 1.82) is 0 Å². The maximum Gasteiger partial charge on any atom is 0.389 e. The summed E-state index contributed by atoms with van der Waals surface area (Å²) in [4.78, 5) is 23.4. The first-order valence-electron chi connectivity index (χ1n) is 5.84. The lowest BCUT2D eigenvalue weighted by atomic mass is 10.2. The smallest absolute Gasteiger partial charge is 0.389 e. The molecule has 1 N–H and O–H groups in total. The summed E-state index contributed by atoms with van der Waals surface area (Å²) in [6.07, 6.45) is -6.49. The number of carboxylic acids is 1. The number of aliphatic carboxylic acids is 1. The molecule has 0 saturated carbocycles. The molecule has 0 heterocycles. The van der Waals surface area contributed by atoms with Crippen molar-refractivity contribution in [3.63, 3.8) is 0 Å². The molecule has 1 amide bonds. The minimum atomic E-state index is -4.45. The molecule has 0 radical (unpaired) electrons. The lowest BCUT2D eigenvalue weighted by molar-refractivity contribution is -0.143. The van der Waals surface area contributed by atoms with Gasteiger partial charge in [-0.15, -0.1) is 0 Å². The summed E-state index contributed by atoms with van der Waals surface area (Å²) in [6.45, 7) is 1.14. The fourth-order valence-corrected chi connectivity index (χ4v) is 1.57. The number of anilines is 1. The van der Waals surface area contributed by atoms with E-state index in [1.54, 1.807) is 19.1 Å². The van der Waals surface area contributed by atoms with E-state index in [2.05, 4.69) is 0 Å². The normalized spacial score (nSPS) is 11.2. The van der Waals surface area contributed by atoms with Gasteiger partial charge in [0.1, 0.15) is 6.54 Å². The van der Waals surface area contributed by atoms with Gasteiger partial charge in [0.25, 0.3) is 0 Å². The standard InChI is InChI=1S/C13H14F3NO3/c1-9-2-4-10(5-3-9)17(8-12(19)20)11(18)6-7-13(14,15)16/h2-5H,6-8H2,1H3,(H,19,20). The van der Waals surface area contributed by atoms with Crippen molar-refractivity contribution in [3.05, 3.63) is 29.8 Å². The first-order valence-corrected chi connectivity index (χ1v) is 5.84. The molecule has 1 rings (SSSR count). The third-order valence-electron chi connectivity index (χ3n) is 2.56. The first-order chi connectivity index (χ1) is 9.19. The highest BCUT2D eigenvalue weighted by Crippen LogP contribution is 2.23. The number of hydrogen-bond acceptors (Lipinski definition) is 2. The summed E-state index contributed by atoms with van der Waals surface area (Å²) in [5.41, 5.74) is 1.16. The van der Waals surface area contributed by atoms with Gasteiger partial charge in [-0.2, -0.15) is 13.2 Å². The number of halogens is 3. The van der Waals surface area contributed by atoms with Crippen LogP contribution in [0.5, 0.6) is 0 Å². The molecule has 20 heavy (non-hydrogen) atoms. The number of nitrogens with zero attached hydrogens (tertiary/aromatic N) is 1. The molecule has 0 aliphatic rings. The number of hydrogen-bond donors (Lipinski definition) is 1. The Labute approximate surface area is 113 Å². The molecule has 1 aromatic carbocycles.